The Kier molecular flexibility index (Phi) is 2150. The van der Waals surface area contributed by atoms with Gasteiger partial charge < -0.3 is 4.46 Å². The molecule has 0 bridgehead atoms. The zero-order chi connectivity index (χ0) is 2.00. The quantitative estimate of drug-likeness (QED) is 0.373. The molecule has 0 aromatic rings. The zero-order valence-electron chi connectivity index (χ0n) is 1.41. The first-order valence-electron chi connectivity index (χ1n) is 0.204. The largest absolute Gasteiger partial charge is 0.381 e. The predicted octanol–water partition coefficient (Wildman–Crippen LogP) is -0.244. The van der Waals surface area contributed by atoms with Crippen LogP contribution in [0.2, 0.25) is 0 Å². The average molecular weight is 88.2 g/mol. The molecule has 0 fully saturated rings. The molecule has 0 aromatic heterocycles. The van der Waals surface area contributed by atoms with Crippen LogP contribution in [0, 0.1) is 0 Å². The molecule has 0 N–H and O–H groups in total. The fraction of sp³-hybridized carbons (Fsp3) is 1.00. The molecular weight excluding hydrogens is 84.2 g/mol. The lowest BCUT2D eigenvalue weighted by atomic mass is 12.0. The molecule has 22 valence electrons. The lowest BCUT2D eigenvalue weighted by molar-refractivity contribution is 0.590. The average Bonchev–Trinajstić information content (AvgIpc) is 1.00. The minimum Gasteiger partial charge on any atom is -0.381 e. The lowest BCUT2D eigenvalue weighted by Crippen LogP contribution is -0.969. The zero-order valence-corrected chi connectivity index (χ0v) is 3.41. The van der Waals surface area contributed by atoms with Crippen LogP contribution in [0.4, 0.5) is 0 Å². The van der Waals surface area contributed by atoms with Crippen molar-refractivity contribution >= 4 is 21.1 Å². The molecule has 0 unspecified atom stereocenters. The summed E-state index contributed by atoms with van der Waals surface area (Å²) >= 11 is 0. The third-order valence-corrected chi connectivity index (χ3v) is 0. The van der Waals surface area contributed by atoms with Gasteiger partial charge in [-0.05, 0) is 0 Å². The molecule has 0 aliphatic heterocycles. The molecule has 0 amide bonds. The van der Waals surface area contributed by atoms with Crippen LogP contribution < -0.4 is 0 Å². The number of rotatable bonds is 0. The highest BCUT2D eigenvalue weighted by molar-refractivity contribution is 5.85. The van der Waals surface area contributed by atoms with Crippen molar-refractivity contribution in [2.24, 2.45) is 0 Å². The summed E-state index contributed by atoms with van der Waals surface area (Å²) in [6, 6.07) is 0. The highest BCUT2D eigenvalue weighted by atomic mass is 28.1. The second-order valence-corrected chi connectivity index (χ2v) is 0. The van der Waals surface area contributed by atoms with E-state index < -0.39 is 0 Å². The minimum absolute atomic E-state index is 0. The van der Waals surface area contributed by atoms with Crippen molar-refractivity contribution in [1.82, 2.24) is 0 Å². The topological polar surface area (TPSA) is 17.1 Å². The van der Waals surface area contributed by atoms with Crippen LogP contribution in [0.1, 0.15) is 7.43 Å². The van der Waals surface area contributed by atoms with Crippen molar-refractivity contribution in [3.63, 3.8) is 0 Å². The van der Waals surface area contributed by atoms with Gasteiger partial charge in [0.15, 0.2) is 0 Å². The molecule has 0 atom stereocenters. The molecule has 0 saturated heterocycles. The van der Waals surface area contributed by atoms with E-state index in [2.05, 4.69) is 0 Å². The first-order valence-corrected chi connectivity index (χ1v) is 0.612. The maximum absolute atomic E-state index is 8.06. The van der Waals surface area contributed by atoms with E-state index in [9.17, 15) is 0 Å². The van der Waals surface area contributed by atoms with Crippen molar-refractivity contribution in [1.29, 1.82) is 0 Å². The predicted molar refractivity (Wildman–Crippen MR) is 18.9 cm³/mol. The summed E-state index contributed by atoms with van der Waals surface area (Å²) in [5.41, 5.74) is 0. The fourth-order valence-electron chi connectivity index (χ4n) is 0. The van der Waals surface area contributed by atoms with E-state index in [0.717, 1.165) is 0 Å². The first kappa shape index (κ1) is 29.1. The molecule has 0 aromatic carbocycles. The van der Waals surface area contributed by atoms with Crippen LogP contribution in [-0.4, -0.2) is 21.1 Å². The van der Waals surface area contributed by atoms with Gasteiger partial charge in [0, 0.05) is 11.0 Å². The highest BCUT2D eigenvalue weighted by Gasteiger charge is 0.803. The van der Waals surface area contributed by atoms with E-state index in [4.69, 9.17) is 4.46 Å². The van der Waals surface area contributed by atoms with Crippen LogP contribution in [0.3, 0.4) is 0 Å². The second kappa shape index (κ2) is 295. The van der Waals surface area contributed by atoms with Gasteiger partial charge in [-0.15, -0.1) is 0 Å². The third-order valence-electron chi connectivity index (χ3n) is 0. The van der Waals surface area contributed by atoms with Crippen LogP contribution in [0.25, 0.3) is 0 Å². The summed E-state index contributed by atoms with van der Waals surface area (Å²) in [4.78, 5) is 0. The second-order valence-electron chi connectivity index (χ2n) is 0. The smallest absolute Gasteiger partial charge is 0.381 e. The summed E-state index contributed by atoms with van der Waals surface area (Å²) in [5.74, 6) is 0. The monoisotopic (exact) mass is 88.0 g/mol. The molecular formula is CH4OSi2. The maximum Gasteiger partial charge on any atom is 0.381 e. The molecule has 0 heterocycles. The minimum atomic E-state index is 0. The van der Waals surface area contributed by atoms with E-state index in [-0.39, 0.29) is 18.4 Å². The van der Waals surface area contributed by atoms with Crippen molar-refractivity contribution in [3.05, 3.63) is 0 Å². The molecule has 4 heavy (non-hydrogen) atoms. The summed E-state index contributed by atoms with van der Waals surface area (Å²) in [6.07, 6.45) is 0. The Morgan fingerprint density at radius 2 is 1.25 bits per heavy atom. The van der Waals surface area contributed by atoms with Gasteiger partial charge in [0.25, 0.3) is 0 Å². The third kappa shape index (κ3) is 62.2. The van der Waals surface area contributed by atoms with Crippen LogP contribution in [0.5, 0.6) is 0 Å². The summed E-state index contributed by atoms with van der Waals surface area (Å²) in [5, 5.41) is 0. The van der Waals surface area contributed by atoms with Gasteiger partial charge in [-0.3, -0.25) is 0 Å². The number of hydrogen-bond donors (Lipinski definition) is 0. The Bertz CT molecular complexity index is 6.00. The summed E-state index contributed by atoms with van der Waals surface area (Å²) in [7, 11) is 1.72. The molecule has 0 aliphatic rings. The fourth-order valence-corrected chi connectivity index (χ4v) is 0. The van der Waals surface area contributed by atoms with Gasteiger partial charge in [-0.25, -0.2) is 0 Å². The van der Waals surface area contributed by atoms with E-state index in [0.29, 0.717) is 0 Å². The molecule has 0 saturated carbocycles. The van der Waals surface area contributed by atoms with Gasteiger partial charge in [-0.2, -0.15) is 0 Å². The normalized spacial score (nSPS) is 1.00. The Morgan fingerprint density at radius 1 is 1.25 bits per heavy atom. The molecule has 6 radical (unpaired) electrons. The van der Waals surface area contributed by atoms with Crippen molar-refractivity contribution in [3.8, 4) is 0 Å². The molecule has 0 spiro atoms. The summed E-state index contributed by atoms with van der Waals surface area (Å²) < 4.78 is 8.06. The SMILES string of the molecule is C.O=[Si].[Si]. The van der Waals surface area contributed by atoms with Gasteiger partial charge in [-0.1, -0.05) is 7.43 Å². The Labute approximate surface area is 33.9 Å². The van der Waals surface area contributed by atoms with Gasteiger partial charge in [0.05, 0.1) is 0 Å². The van der Waals surface area contributed by atoms with Crippen LogP contribution >= 0.6 is 0 Å². The molecule has 3 heteroatoms. The van der Waals surface area contributed by atoms with Crippen molar-refractivity contribution < 1.29 is 4.46 Å². The van der Waals surface area contributed by atoms with Crippen molar-refractivity contribution in [2.45, 2.75) is 7.43 Å². The Hall–Kier alpha value is 0.234. The molecule has 0 aliphatic carbocycles. The van der Waals surface area contributed by atoms with E-state index in [1.54, 1.807) is 10.1 Å². The van der Waals surface area contributed by atoms with Crippen LogP contribution in [0.15, 0.2) is 0 Å². The lowest BCUT2D eigenvalue weighted by Gasteiger charge is -0.803. The maximum atomic E-state index is 8.06. The Balaban J connectivity index is -0.00000000500. The Morgan fingerprint density at radius 3 is 1.25 bits per heavy atom. The van der Waals surface area contributed by atoms with E-state index in [1.165, 1.54) is 0 Å². The van der Waals surface area contributed by atoms with E-state index in [1.807, 2.05) is 0 Å². The highest BCUT2D eigenvalue weighted by Crippen LogP contribution is 0.469. The van der Waals surface area contributed by atoms with Crippen LogP contribution in [-0.2, 0) is 4.46 Å². The summed E-state index contributed by atoms with van der Waals surface area (Å²) in [6.45, 7) is 0. The van der Waals surface area contributed by atoms with E-state index >= 15 is 0 Å². The van der Waals surface area contributed by atoms with Gasteiger partial charge in [0.1, 0.15) is 0 Å². The van der Waals surface area contributed by atoms with Gasteiger partial charge >= 0.3 is 10.1 Å². The van der Waals surface area contributed by atoms with Gasteiger partial charge in [0.2, 0.25) is 0 Å². The standard InChI is InChI=1S/CH4.OSi.Si/c;1-2;/h1H4;;. The molecule has 0 rings (SSSR count). The molecule has 1 nitrogen and oxygen atoms in total. The number of hydrogen-bond acceptors (Lipinski definition) is 1. The first-order chi connectivity index (χ1) is 1.00. The van der Waals surface area contributed by atoms with Crippen molar-refractivity contribution in [2.75, 3.05) is 0 Å².